The quantitative estimate of drug-likeness (QED) is 0.408. The van der Waals surface area contributed by atoms with E-state index < -0.39 is 5.82 Å². The highest BCUT2D eigenvalue weighted by molar-refractivity contribution is 6.30. The molecule has 10 nitrogen and oxygen atoms in total. The first kappa shape index (κ1) is 26.6. The van der Waals surface area contributed by atoms with Crippen molar-refractivity contribution in [3.63, 3.8) is 0 Å². The smallest absolute Gasteiger partial charge is 0.255 e. The third kappa shape index (κ3) is 6.21. The van der Waals surface area contributed by atoms with Crippen molar-refractivity contribution < 1.29 is 18.7 Å². The summed E-state index contributed by atoms with van der Waals surface area (Å²) in [6.07, 6.45) is 3.07. The maximum Gasteiger partial charge on any atom is 0.255 e. The van der Waals surface area contributed by atoms with Crippen molar-refractivity contribution >= 4 is 40.6 Å². The Hall–Kier alpha value is -3.96. The Kier molecular flexibility index (Phi) is 8.08. The van der Waals surface area contributed by atoms with Crippen LogP contribution in [0.3, 0.4) is 0 Å². The molecule has 0 radical (unpaired) electrons. The van der Waals surface area contributed by atoms with Gasteiger partial charge in [0.1, 0.15) is 12.4 Å². The van der Waals surface area contributed by atoms with E-state index in [9.17, 15) is 14.0 Å². The highest BCUT2D eigenvalue weighted by atomic mass is 35.5. The van der Waals surface area contributed by atoms with Crippen LogP contribution in [0.1, 0.15) is 17.3 Å². The number of carbonyl (C=O) groups excluding carboxylic acids is 2. The Labute approximate surface area is 230 Å². The number of nitrogens with zero attached hydrogens (tertiary/aromatic N) is 4. The summed E-state index contributed by atoms with van der Waals surface area (Å²) in [5.41, 5.74) is 1.99. The van der Waals surface area contributed by atoms with Crippen molar-refractivity contribution in [2.45, 2.75) is 6.92 Å². The number of amides is 2. The summed E-state index contributed by atoms with van der Waals surface area (Å²) in [5, 5.41) is 9.81. The minimum Gasteiger partial charge on any atom is -0.486 e. The lowest BCUT2D eigenvalue weighted by atomic mass is 10.1. The van der Waals surface area contributed by atoms with Crippen molar-refractivity contribution in [2.75, 3.05) is 63.1 Å². The van der Waals surface area contributed by atoms with E-state index in [4.69, 9.17) is 16.3 Å². The number of nitrogens with one attached hydrogen (secondary N) is 3. The zero-order valence-electron chi connectivity index (χ0n) is 21.5. The molecule has 39 heavy (non-hydrogen) atoms. The van der Waals surface area contributed by atoms with Gasteiger partial charge < -0.3 is 25.6 Å². The van der Waals surface area contributed by atoms with Gasteiger partial charge in [0.2, 0.25) is 5.91 Å². The molecule has 3 aromatic rings. The minimum atomic E-state index is -0.457. The van der Waals surface area contributed by atoms with E-state index in [2.05, 4.69) is 30.8 Å². The number of carbonyl (C=O) groups is 2. The molecule has 12 heteroatoms. The van der Waals surface area contributed by atoms with Gasteiger partial charge in [0.05, 0.1) is 29.2 Å². The Morgan fingerprint density at radius 3 is 2.77 bits per heavy atom. The molecule has 1 aromatic carbocycles. The highest BCUT2D eigenvalue weighted by Crippen LogP contribution is 2.40. The molecule has 2 amide bonds. The molecule has 204 valence electrons. The number of aromatic nitrogens is 2. The van der Waals surface area contributed by atoms with Gasteiger partial charge in [-0.15, -0.1) is 0 Å². The van der Waals surface area contributed by atoms with Gasteiger partial charge in [0.15, 0.2) is 11.6 Å². The number of ether oxygens (including phenoxy) is 1. The van der Waals surface area contributed by atoms with E-state index >= 15 is 0 Å². The molecule has 0 atom stereocenters. The van der Waals surface area contributed by atoms with Crippen LogP contribution in [0.2, 0.25) is 5.02 Å². The summed E-state index contributed by atoms with van der Waals surface area (Å²) in [6, 6.07) is 7.66. The second-order valence-corrected chi connectivity index (χ2v) is 9.72. The molecule has 3 N–H and O–H groups in total. The number of fused-ring (bicyclic) bond motifs is 1. The number of piperazine rings is 1. The number of anilines is 3. The first-order valence-corrected chi connectivity index (χ1v) is 13.1. The number of pyridine rings is 2. The standard InChI is InChI=1S/C27H29ClFN7O3/c1-17(37)36-11-9-35(10-12-36)8-6-32-27(38)20-16-30-5-4-22(20)33-24-15-23(19-14-18(28)2-3-21(19)29)34-26-25(24)39-13-7-31-26/h2-5,14-16H,6-13H2,1H3,(H,32,38)(H2,30,31,33,34). The third-order valence-corrected chi connectivity index (χ3v) is 6.92. The van der Waals surface area contributed by atoms with E-state index in [1.54, 1.807) is 25.3 Å². The van der Waals surface area contributed by atoms with Gasteiger partial charge in [-0.3, -0.25) is 19.5 Å². The van der Waals surface area contributed by atoms with Crippen LogP contribution >= 0.6 is 11.6 Å². The average molecular weight is 554 g/mol. The molecule has 2 aromatic heterocycles. The van der Waals surface area contributed by atoms with Gasteiger partial charge in [0.25, 0.3) is 5.91 Å². The summed E-state index contributed by atoms with van der Waals surface area (Å²) in [7, 11) is 0. The molecule has 1 fully saturated rings. The Morgan fingerprint density at radius 1 is 1.15 bits per heavy atom. The third-order valence-electron chi connectivity index (χ3n) is 6.68. The largest absolute Gasteiger partial charge is 0.486 e. The molecular weight excluding hydrogens is 525 g/mol. The van der Waals surface area contributed by atoms with E-state index in [1.165, 1.54) is 24.4 Å². The number of rotatable bonds is 7. The first-order chi connectivity index (χ1) is 18.9. The van der Waals surface area contributed by atoms with E-state index in [0.717, 1.165) is 13.1 Å². The zero-order chi connectivity index (χ0) is 27.4. The first-order valence-electron chi connectivity index (χ1n) is 12.7. The van der Waals surface area contributed by atoms with Crippen molar-refractivity contribution in [2.24, 2.45) is 0 Å². The van der Waals surface area contributed by atoms with E-state index in [1.807, 2.05) is 4.90 Å². The molecule has 4 heterocycles. The van der Waals surface area contributed by atoms with Crippen LogP contribution in [0.5, 0.6) is 5.75 Å². The lowest BCUT2D eigenvalue weighted by Crippen LogP contribution is -2.49. The fraction of sp³-hybridized carbons (Fsp3) is 0.333. The van der Waals surface area contributed by atoms with Gasteiger partial charge in [-0.2, -0.15) is 0 Å². The summed E-state index contributed by atoms with van der Waals surface area (Å²) in [4.78, 5) is 37.4. The fourth-order valence-electron chi connectivity index (χ4n) is 4.59. The van der Waals surface area contributed by atoms with Crippen LogP contribution in [0.4, 0.5) is 21.6 Å². The van der Waals surface area contributed by atoms with Crippen molar-refractivity contribution in [3.8, 4) is 17.0 Å². The lowest BCUT2D eigenvalue weighted by Gasteiger charge is -2.34. The summed E-state index contributed by atoms with van der Waals surface area (Å²) < 4.78 is 20.5. The summed E-state index contributed by atoms with van der Waals surface area (Å²) in [5.74, 6) is 0.282. The molecule has 0 saturated carbocycles. The molecule has 0 spiro atoms. The number of hydrogen-bond acceptors (Lipinski definition) is 8. The Bertz CT molecular complexity index is 1380. The average Bonchev–Trinajstić information content (AvgIpc) is 2.94. The van der Waals surface area contributed by atoms with E-state index in [-0.39, 0.29) is 17.4 Å². The summed E-state index contributed by atoms with van der Waals surface area (Å²) >= 11 is 6.12. The van der Waals surface area contributed by atoms with Crippen LogP contribution in [0.25, 0.3) is 11.3 Å². The fourth-order valence-corrected chi connectivity index (χ4v) is 4.76. The lowest BCUT2D eigenvalue weighted by molar-refractivity contribution is -0.130. The molecule has 0 bridgehead atoms. The van der Waals surface area contributed by atoms with Crippen LogP contribution in [0, 0.1) is 5.82 Å². The second kappa shape index (κ2) is 11.8. The molecule has 0 aliphatic carbocycles. The van der Waals surface area contributed by atoms with Crippen LogP contribution in [-0.4, -0.2) is 84.0 Å². The SMILES string of the molecule is CC(=O)N1CCN(CCNC(=O)c2cnccc2Nc2cc(-c3cc(Cl)ccc3F)nc3c2OCCN3)CC1. The highest BCUT2D eigenvalue weighted by Gasteiger charge is 2.22. The van der Waals surface area contributed by atoms with Gasteiger partial charge in [-0.1, -0.05) is 11.6 Å². The zero-order valence-corrected chi connectivity index (χ0v) is 22.2. The van der Waals surface area contributed by atoms with Crippen molar-refractivity contribution in [3.05, 3.63) is 59.1 Å². The number of hydrogen-bond donors (Lipinski definition) is 3. The number of benzene rings is 1. The van der Waals surface area contributed by atoms with Crippen LogP contribution in [0.15, 0.2) is 42.7 Å². The maximum absolute atomic E-state index is 14.7. The Morgan fingerprint density at radius 2 is 1.97 bits per heavy atom. The minimum absolute atomic E-state index is 0.0843. The monoisotopic (exact) mass is 553 g/mol. The van der Waals surface area contributed by atoms with E-state index in [0.29, 0.717) is 78.6 Å². The molecule has 5 rings (SSSR count). The van der Waals surface area contributed by atoms with Gasteiger partial charge in [-0.05, 0) is 30.3 Å². The Balaban J connectivity index is 1.33. The van der Waals surface area contributed by atoms with Crippen molar-refractivity contribution in [1.29, 1.82) is 0 Å². The number of halogens is 2. The van der Waals surface area contributed by atoms with Gasteiger partial charge >= 0.3 is 0 Å². The molecular formula is C27H29ClFN7O3. The molecule has 2 aliphatic rings. The summed E-state index contributed by atoms with van der Waals surface area (Å²) in [6.45, 7) is 6.60. The maximum atomic E-state index is 14.7. The predicted molar refractivity (Wildman–Crippen MR) is 147 cm³/mol. The topological polar surface area (TPSA) is 112 Å². The normalized spacial score (nSPS) is 15.1. The molecule has 1 saturated heterocycles. The molecule has 0 unspecified atom stereocenters. The molecule has 2 aliphatic heterocycles. The predicted octanol–water partition coefficient (Wildman–Crippen LogP) is 3.38. The van der Waals surface area contributed by atoms with Gasteiger partial charge in [0, 0.05) is 69.2 Å². The van der Waals surface area contributed by atoms with Crippen LogP contribution < -0.4 is 20.7 Å². The van der Waals surface area contributed by atoms with Gasteiger partial charge in [-0.25, -0.2) is 9.37 Å². The van der Waals surface area contributed by atoms with Crippen LogP contribution in [-0.2, 0) is 4.79 Å². The van der Waals surface area contributed by atoms with Crippen molar-refractivity contribution in [1.82, 2.24) is 25.1 Å². The second-order valence-electron chi connectivity index (χ2n) is 9.28.